The summed E-state index contributed by atoms with van der Waals surface area (Å²) in [5.74, 6) is 0.113. The van der Waals surface area contributed by atoms with Gasteiger partial charge < -0.3 is 29.7 Å². The first-order valence-corrected chi connectivity index (χ1v) is 17.0. The van der Waals surface area contributed by atoms with Crippen molar-refractivity contribution in [2.75, 3.05) is 31.0 Å². The highest BCUT2D eigenvalue weighted by molar-refractivity contribution is 7.89. The number of fused-ring (bicyclic) bond motifs is 2. The van der Waals surface area contributed by atoms with Crippen molar-refractivity contribution in [1.82, 2.24) is 24.6 Å². The van der Waals surface area contributed by atoms with Gasteiger partial charge in [0.15, 0.2) is 23.1 Å². The maximum absolute atomic E-state index is 14.7. The molecule has 14 nitrogen and oxygen atoms in total. The number of nitrogens with one attached hydrogen (secondary N) is 3. The molecule has 0 spiro atoms. The molecule has 51 heavy (non-hydrogen) atoms. The van der Waals surface area contributed by atoms with E-state index in [-0.39, 0.29) is 28.8 Å². The fraction of sp³-hybridized carbons (Fsp3) is 0.143. The Morgan fingerprint density at radius 1 is 0.941 bits per heavy atom. The topological polar surface area (TPSA) is 168 Å². The van der Waals surface area contributed by atoms with Gasteiger partial charge in [-0.05, 0) is 65.9 Å². The number of sulfonamides is 1. The number of ether oxygens (including phenoxy) is 3. The summed E-state index contributed by atoms with van der Waals surface area (Å²) in [5, 5.41) is 11.5. The van der Waals surface area contributed by atoms with Gasteiger partial charge in [0.25, 0.3) is 10.0 Å². The first kappa shape index (κ1) is 33.2. The Balaban J connectivity index is 1.05. The summed E-state index contributed by atoms with van der Waals surface area (Å²) in [4.78, 5) is 28.0. The lowest BCUT2D eigenvalue weighted by atomic mass is 10.1. The molecule has 2 aromatic heterocycles. The average Bonchev–Trinajstić information content (AvgIpc) is 3.53. The van der Waals surface area contributed by atoms with E-state index in [1.165, 1.54) is 25.3 Å². The third kappa shape index (κ3) is 7.22. The van der Waals surface area contributed by atoms with Crippen molar-refractivity contribution in [2.24, 2.45) is 0 Å². The fourth-order valence-electron chi connectivity index (χ4n) is 5.39. The lowest BCUT2D eigenvalue weighted by Crippen LogP contribution is -2.28. The lowest BCUT2D eigenvalue weighted by molar-refractivity contribution is 0.0407. The van der Waals surface area contributed by atoms with E-state index in [1.54, 1.807) is 60.3 Å². The predicted molar refractivity (Wildman–Crippen MR) is 185 cm³/mol. The molecule has 0 saturated heterocycles. The summed E-state index contributed by atoms with van der Waals surface area (Å²) in [7, 11) is -2.64. The summed E-state index contributed by atoms with van der Waals surface area (Å²) in [6.45, 7) is 2.79. The van der Waals surface area contributed by atoms with Crippen LogP contribution in [0.5, 0.6) is 17.2 Å². The minimum absolute atomic E-state index is 0.00427. The number of halogens is 1. The molecule has 0 amide bonds. The van der Waals surface area contributed by atoms with Gasteiger partial charge in [-0.2, -0.15) is 10.1 Å². The summed E-state index contributed by atoms with van der Waals surface area (Å²) in [6.07, 6.45) is 2.78. The second-order valence-electron chi connectivity index (χ2n) is 11.3. The molecule has 0 bridgehead atoms. The second kappa shape index (κ2) is 13.9. The molecule has 0 saturated carbocycles. The van der Waals surface area contributed by atoms with Gasteiger partial charge in [-0.25, -0.2) is 22.6 Å². The number of carbonyl (C=O) groups excluding carboxylic acids is 1. The molecule has 0 aliphatic carbocycles. The highest BCUT2D eigenvalue weighted by Gasteiger charge is 2.21. The van der Waals surface area contributed by atoms with E-state index in [0.717, 1.165) is 17.1 Å². The van der Waals surface area contributed by atoms with Crippen LogP contribution in [0.3, 0.4) is 0 Å². The molecule has 0 unspecified atom stereocenters. The lowest BCUT2D eigenvalue weighted by Gasteiger charge is -2.19. The van der Waals surface area contributed by atoms with Crippen LogP contribution in [0.4, 0.5) is 27.5 Å². The number of hydrogen-bond donors (Lipinski definition) is 3. The smallest absolute Gasteiger partial charge is 0.357 e. The molecule has 0 radical (unpaired) electrons. The fourth-order valence-corrected chi connectivity index (χ4v) is 6.42. The molecule has 16 heteroatoms. The van der Waals surface area contributed by atoms with Crippen molar-refractivity contribution in [2.45, 2.75) is 18.4 Å². The van der Waals surface area contributed by atoms with Crippen LogP contribution < -0.4 is 29.7 Å². The minimum Gasteiger partial charge on any atom is -0.496 e. The SMILES string of the molecule is COc1cc(C(=O)ONS(=O)(=O)c2ccccc2C)ccc1Cn1ncc2ccc(Nc3ncc(F)c(Nc4ccc5c(c4)OCCO5)n3)cc21. The Hall–Kier alpha value is -6.26. The van der Waals surface area contributed by atoms with Gasteiger partial charge in [0.1, 0.15) is 19.0 Å². The van der Waals surface area contributed by atoms with Gasteiger partial charge in [0.05, 0.1) is 42.0 Å². The van der Waals surface area contributed by atoms with E-state index in [1.807, 2.05) is 23.1 Å². The van der Waals surface area contributed by atoms with Crippen molar-refractivity contribution in [3.8, 4) is 17.2 Å². The van der Waals surface area contributed by atoms with Crippen LogP contribution in [0.15, 0.2) is 96.2 Å². The van der Waals surface area contributed by atoms with Gasteiger partial charge >= 0.3 is 5.97 Å². The molecular formula is C35H30FN7O7S. The van der Waals surface area contributed by atoms with E-state index in [4.69, 9.17) is 19.0 Å². The Kier molecular flexibility index (Phi) is 9.08. The first-order valence-electron chi connectivity index (χ1n) is 15.5. The Labute approximate surface area is 291 Å². The highest BCUT2D eigenvalue weighted by atomic mass is 32.2. The van der Waals surface area contributed by atoms with Crippen molar-refractivity contribution >= 4 is 50.0 Å². The normalized spacial score (nSPS) is 12.4. The first-order chi connectivity index (χ1) is 24.7. The van der Waals surface area contributed by atoms with E-state index in [9.17, 15) is 17.6 Å². The standard InChI is InChI=1S/C35H30FN7O7S/c1-21-5-3-4-6-32(21)51(45,46)42-50-34(44)22-7-8-24(30(15-22)47-2)20-43-28-16-25(10-9-23(28)18-38-43)40-35-37-19-27(36)33(41-35)39-26-11-12-29-31(17-26)49-14-13-48-29/h3-12,15-19,42H,13-14,20H2,1-2H3,(H2,37,39,40,41). The van der Waals surface area contributed by atoms with Gasteiger partial charge in [0.2, 0.25) is 5.95 Å². The van der Waals surface area contributed by atoms with Gasteiger partial charge in [-0.3, -0.25) is 4.68 Å². The molecule has 0 fully saturated rings. The maximum atomic E-state index is 14.7. The summed E-state index contributed by atoms with van der Waals surface area (Å²) in [6, 6.07) is 21.7. The van der Waals surface area contributed by atoms with E-state index in [0.29, 0.717) is 53.0 Å². The third-order valence-corrected chi connectivity index (χ3v) is 9.26. The van der Waals surface area contributed by atoms with Crippen LogP contribution in [0.1, 0.15) is 21.5 Å². The van der Waals surface area contributed by atoms with Crippen molar-refractivity contribution < 1.29 is 36.7 Å². The van der Waals surface area contributed by atoms with Crippen LogP contribution in [-0.4, -0.2) is 54.5 Å². The number of aryl methyl sites for hydroxylation is 1. The van der Waals surface area contributed by atoms with Crippen molar-refractivity contribution in [1.29, 1.82) is 0 Å². The molecule has 4 aromatic carbocycles. The third-order valence-electron chi connectivity index (χ3n) is 7.92. The molecule has 1 aliphatic heterocycles. The Morgan fingerprint density at radius 3 is 2.55 bits per heavy atom. The van der Waals surface area contributed by atoms with Gasteiger partial charge in [-0.15, -0.1) is 0 Å². The van der Waals surface area contributed by atoms with Crippen LogP contribution in [0.25, 0.3) is 10.9 Å². The monoisotopic (exact) mass is 711 g/mol. The van der Waals surface area contributed by atoms with Crippen LogP contribution >= 0.6 is 0 Å². The number of nitrogens with zero attached hydrogens (tertiary/aromatic N) is 4. The molecule has 7 rings (SSSR count). The number of anilines is 4. The van der Waals surface area contributed by atoms with Gasteiger partial charge in [0, 0.05) is 28.4 Å². The molecule has 3 N–H and O–H groups in total. The van der Waals surface area contributed by atoms with Crippen LogP contribution in [0.2, 0.25) is 0 Å². The maximum Gasteiger partial charge on any atom is 0.357 e. The zero-order valence-corrected chi connectivity index (χ0v) is 28.0. The van der Waals surface area contributed by atoms with Crippen LogP contribution in [0, 0.1) is 12.7 Å². The van der Waals surface area contributed by atoms with Gasteiger partial charge in [-0.1, -0.05) is 24.3 Å². The number of benzene rings is 4. The molecule has 1 aliphatic rings. The Bertz CT molecular complexity index is 2390. The van der Waals surface area contributed by atoms with Crippen LogP contribution in [-0.2, 0) is 21.4 Å². The largest absolute Gasteiger partial charge is 0.496 e. The Morgan fingerprint density at radius 2 is 1.73 bits per heavy atom. The minimum atomic E-state index is -4.09. The second-order valence-corrected chi connectivity index (χ2v) is 13.0. The number of hydrogen-bond acceptors (Lipinski definition) is 12. The predicted octanol–water partition coefficient (Wildman–Crippen LogP) is 5.64. The number of carbonyl (C=O) groups is 1. The number of rotatable bonds is 11. The van der Waals surface area contributed by atoms with Crippen molar-refractivity contribution in [3.05, 3.63) is 114 Å². The number of aromatic nitrogens is 4. The summed E-state index contributed by atoms with van der Waals surface area (Å²) < 4.78 is 58.5. The van der Waals surface area contributed by atoms with E-state index in [2.05, 4.69) is 25.7 Å². The van der Waals surface area contributed by atoms with E-state index < -0.39 is 21.8 Å². The highest BCUT2D eigenvalue weighted by Crippen LogP contribution is 2.34. The molecule has 260 valence electrons. The summed E-state index contributed by atoms with van der Waals surface area (Å²) in [5.41, 5.74) is 3.21. The average molecular weight is 712 g/mol. The molecule has 6 aromatic rings. The summed E-state index contributed by atoms with van der Waals surface area (Å²) >= 11 is 0. The van der Waals surface area contributed by atoms with E-state index >= 15 is 0 Å². The molecule has 3 heterocycles. The zero-order valence-electron chi connectivity index (χ0n) is 27.2. The van der Waals surface area contributed by atoms with Crippen molar-refractivity contribution in [3.63, 3.8) is 0 Å². The number of methoxy groups -OCH3 is 1. The molecule has 0 atom stereocenters. The zero-order chi connectivity index (χ0) is 35.5. The molecular weight excluding hydrogens is 681 g/mol. The quantitative estimate of drug-likeness (QED) is 0.142.